The van der Waals surface area contributed by atoms with Gasteiger partial charge in [0.25, 0.3) is 5.91 Å². The zero-order valence-corrected chi connectivity index (χ0v) is 15.0. The standard InChI is InChI=1S/C19H23F2N3O2/c1-13-22-9-12-23(13)11-8-14-5-3-4-10-24(14)19(25)17-16(26-2)7-6-15(20)18(17)21/h6-7,9,12,14H,3-5,8,10-11H2,1-2H3/t14-/m0/s1. The molecule has 0 radical (unpaired) electrons. The molecule has 1 atom stereocenters. The molecule has 0 unspecified atom stereocenters. The summed E-state index contributed by atoms with van der Waals surface area (Å²) in [5.74, 6) is -1.73. The van der Waals surface area contributed by atoms with Crippen molar-refractivity contribution in [2.75, 3.05) is 13.7 Å². The molecular formula is C19H23F2N3O2. The Kier molecular flexibility index (Phi) is 5.54. The molecule has 2 heterocycles. The summed E-state index contributed by atoms with van der Waals surface area (Å²) < 4.78 is 35.1. The van der Waals surface area contributed by atoms with Crippen molar-refractivity contribution in [2.24, 2.45) is 0 Å². The number of halogens is 2. The van der Waals surface area contributed by atoms with Gasteiger partial charge in [0.15, 0.2) is 11.6 Å². The smallest absolute Gasteiger partial charge is 0.260 e. The fraction of sp³-hybridized carbons (Fsp3) is 0.474. The summed E-state index contributed by atoms with van der Waals surface area (Å²) in [5.41, 5.74) is -0.321. The first kappa shape index (κ1) is 18.4. The van der Waals surface area contributed by atoms with E-state index in [0.717, 1.165) is 44.1 Å². The molecule has 0 saturated carbocycles. The zero-order chi connectivity index (χ0) is 18.7. The fourth-order valence-corrected chi connectivity index (χ4v) is 3.54. The summed E-state index contributed by atoms with van der Waals surface area (Å²) in [7, 11) is 1.35. The Bertz CT molecular complexity index is 791. The number of likely N-dealkylation sites (tertiary alicyclic amines) is 1. The van der Waals surface area contributed by atoms with Crippen molar-refractivity contribution < 1.29 is 18.3 Å². The van der Waals surface area contributed by atoms with Crippen LogP contribution in [0.15, 0.2) is 24.5 Å². The Hall–Kier alpha value is -2.44. The molecule has 1 fully saturated rings. The van der Waals surface area contributed by atoms with E-state index in [9.17, 15) is 13.6 Å². The number of aryl methyl sites for hydroxylation is 2. The van der Waals surface area contributed by atoms with E-state index in [1.54, 1.807) is 11.1 Å². The van der Waals surface area contributed by atoms with Crippen molar-refractivity contribution in [3.05, 3.63) is 47.5 Å². The van der Waals surface area contributed by atoms with Crippen LogP contribution in [0.5, 0.6) is 5.75 Å². The van der Waals surface area contributed by atoms with Crippen LogP contribution in [0, 0.1) is 18.6 Å². The number of amides is 1. The molecule has 1 amide bonds. The molecule has 1 aromatic heterocycles. The molecule has 0 N–H and O–H groups in total. The van der Waals surface area contributed by atoms with Crippen LogP contribution in [0.4, 0.5) is 8.78 Å². The molecular weight excluding hydrogens is 340 g/mol. The normalized spacial score (nSPS) is 17.4. The maximum Gasteiger partial charge on any atom is 0.260 e. The van der Waals surface area contributed by atoms with Crippen LogP contribution in [0.1, 0.15) is 41.9 Å². The number of piperidine rings is 1. The minimum absolute atomic E-state index is 0.0228. The number of methoxy groups -OCH3 is 1. The van der Waals surface area contributed by atoms with E-state index in [2.05, 4.69) is 4.98 Å². The Morgan fingerprint density at radius 2 is 2.15 bits per heavy atom. The highest BCUT2D eigenvalue weighted by Crippen LogP contribution is 2.29. The van der Waals surface area contributed by atoms with Crippen molar-refractivity contribution in [3.63, 3.8) is 0 Å². The van der Waals surface area contributed by atoms with Crippen LogP contribution < -0.4 is 4.74 Å². The third kappa shape index (κ3) is 3.57. The lowest BCUT2D eigenvalue weighted by Crippen LogP contribution is -2.44. The minimum Gasteiger partial charge on any atom is -0.496 e. The monoisotopic (exact) mass is 363 g/mol. The summed E-state index contributed by atoms with van der Waals surface area (Å²) in [6.07, 6.45) is 7.10. The van der Waals surface area contributed by atoms with Crippen LogP contribution in [0.3, 0.4) is 0 Å². The van der Waals surface area contributed by atoms with Gasteiger partial charge in [-0.2, -0.15) is 0 Å². The van der Waals surface area contributed by atoms with Gasteiger partial charge in [0, 0.05) is 31.5 Å². The van der Waals surface area contributed by atoms with Crippen LogP contribution in [0.2, 0.25) is 0 Å². The fourth-order valence-electron chi connectivity index (χ4n) is 3.54. The van der Waals surface area contributed by atoms with E-state index in [4.69, 9.17) is 4.74 Å². The van der Waals surface area contributed by atoms with Crippen LogP contribution in [-0.4, -0.2) is 40.1 Å². The number of benzene rings is 1. The Labute approximate surface area is 151 Å². The number of carbonyl (C=O) groups is 1. The highest BCUT2D eigenvalue weighted by Gasteiger charge is 2.32. The number of rotatable bonds is 5. The van der Waals surface area contributed by atoms with E-state index in [1.807, 2.05) is 17.7 Å². The van der Waals surface area contributed by atoms with Gasteiger partial charge in [-0.15, -0.1) is 0 Å². The second-order valence-electron chi connectivity index (χ2n) is 6.54. The third-order valence-corrected chi connectivity index (χ3v) is 5.01. The predicted octanol–water partition coefficient (Wildman–Crippen LogP) is 3.56. The van der Waals surface area contributed by atoms with E-state index in [1.165, 1.54) is 13.2 Å². The van der Waals surface area contributed by atoms with Gasteiger partial charge in [0.1, 0.15) is 17.1 Å². The summed E-state index contributed by atoms with van der Waals surface area (Å²) in [6.45, 7) is 3.19. The molecule has 0 aliphatic carbocycles. The average Bonchev–Trinajstić information content (AvgIpc) is 3.06. The van der Waals surface area contributed by atoms with Gasteiger partial charge in [-0.1, -0.05) is 0 Å². The maximum absolute atomic E-state index is 14.3. The molecule has 26 heavy (non-hydrogen) atoms. The highest BCUT2D eigenvalue weighted by molar-refractivity contribution is 5.97. The van der Waals surface area contributed by atoms with Gasteiger partial charge in [0.05, 0.1) is 7.11 Å². The largest absolute Gasteiger partial charge is 0.496 e. The SMILES string of the molecule is COc1ccc(F)c(F)c1C(=O)N1CCCC[C@H]1CCn1ccnc1C. The number of imidazole rings is 1. The maximum atomic E-state index is 14.3. The van der Waals surface area contributed by atoms with Crippen molar-refractivity contribution >= 4 is 5.91 Å². The van der Waals surface area contributed by atoms with Gasteiger partial charge in [-0.3, -0.25) is 4.79 Å². The molecule has 0 bridgehead atoms. The van der Waals surface area contributed by atoms with Crippen molar-refractivity contribution in [1.82, 2.24) is 14.5 Å². The minimum atomic E-state index is -1.15. The first-order chi connectivity index (χ1) is 12.5. The summed E-state index contributed by atoms with van der Waals surface area (Å²) >= 11 is 0. The van der Waals surface area contributed by atoms with Gasteiger partial charge in [0.2, 0.25) is 0 Å². The molecule has 5 nitrogen and oxygen atoms in total. The number of nitrogens with zero attached hydrogens (tertiary/aromatic N) is 3. The lowest BCUT2D eigenvalue weighted by molar-refractivity contribution is 0.0585. The van der Waals surface area contributed by atoms with Crippen LogP contribution in [-0.2, 0) is 6.54 Å². The zero-order valence-electron chi connectivity index (χ0n) is 15.0. The lowest BCUT2D eigenvalue weighted by Gasteiger charge is -2.36. The number of hydrogen-bond donors (Lipinski definition) is 0. The highest BCUT2D eigenvalue weighted by atomic mass is 19.2. The summed E-state index contributed by atoms with van der Waals surface area (Å²) in [4.78, 5) is 18.9. The first-order valence-corrected chi connectivity index (χ1v) is 8.83. The van der Waals surface area contributed by atoms with Gasteiger partial charge in [-0.05, 0) is 44.7 Å². The van der Waals surface area contributed by atoms with Crippen molar-refractivity contribution in [2.45, 2.75) is 45.2 Å². The van der Waals surface area contributed by atoms with Gasteiger partial charge < -0.3 is 14.2 Å². The second kappa shape index (κ2) is 7.85. The van der Waals surface area contributed by atoms with E-state index in [-0.39, 0.29) is 17.4 Å². The Morgan fingerprint density at radius 1 is 1.35 bits per heavy atom. The quantitative estimate of drug-likeness (QED) is 0.816. The molecule has 1 aliphatic heterocycles. The number of ether oxygens (including phenoxy) is 1. The lowest BCUT2D eigenvalue weighted by atomic mass is 9.97. The van der Waals surface area contributed by atoms with E-state index >= 15 is 0 Å². The predicted molar refractivity (Wildman–Crippen MR) is 93.2 cm³/mol. The molecule has 140 valence electrons. The summed E-state index contributed by atoms with van der Waals surface area (Å²) in [6, 6.07) is 2.24. The Morgan fingerprint density at radius 3 is 2.85 bits per heavy atom. The molecule has 1 aliphatic rings. The Balaban J connectivity index is 1.82. The van der Waals surface area contributed by atoms with E-state index in [0.29, 0.717) is 6.54 Å². The average molecular weight is 363 g/mol. The van der Waals surface area contributed by atoms with Crippen molar-refractivity contribution in [3.8, 4) is 5.75 Å². The summed E-state index contributed by atoms with van der Waals surface area (Å²) in [5, 5.41) is 0. The molecule has 2 aromatic rings. The van der Waals surface area contributed by atoms with Crippen molar-refractivity contribution in [1.29, 1.82) is 0 Å². The van der Waals surface area contributed by atoms with Crippen LogP contribution >= 0.6 is 0 Å². The van der Waals surface area contributed by atoms with Gasteiger partial charge in [-0.25, -0.2) is 13.8 Å². The van der Waals surface area contributed by atoms with Crippen LogP contribution in [0.25, 0.3) is 0 Å². The topological polar surface area (TPSA) is 47.4 Å². The molecule has 1 aromatic carbocycles. The second-order valence-corrected chi connectivity index (χ2v) is 6.54. The molecule has 7 heteroatoms. The first-order valence-electron chi connectivity index (χ1n) is 8.83. The molecule has 3 rings (SSSR count). The molecule has 1 saturated heterocycles. The molecule has 0 spiro atoms. The van der Waals surface area contributed by atoms with E-state index < -0.39 is 17.5 Å². The number of aromatic nitrogens is 2. The number of hydrogen-bond acceptors (Lipinski definition) is 3. The third-order valence-electron chi connectivity index (χ3n) is 5.01. The number of carbonyl (C=O) groups excluding carboxylic acids is 1. The van der Waals surface area contributed by atoms with Gasteiger partial charge >= 0.3 is 0 Å².